The predicted octanol–water partition coefficient (Wildman–Crippen LogP) is 3.15. The molecule has 26 heavy (non-hydrogen) atoms. The number of rotatable bonds is 5. The smallest absolute Gasteiger partial charge is 0.319 e. The van der Waals surface area contributed by atoms with Crippen LogP contribution in [0, 0.1) is 5.82 Å². The van der Waals surface area contributed by atoms with Gasteiger partial charge in [0.25, 0.3) is 0 Å². The molecule has 1 aliphatic rings. The molecule has 1 heterocycles. The first-order chi connectivity index (χ1) is 12.5. The topological polar surface area (TPSA) is 70.7 Å². The van der Waals surface area contributed by atoms with Gasteiger partial charge in [0.2, 0.25) is 5.91 Å². The molecule has 1 aliphatic heterocycles. The lowest BCUT2D eigenvalue weighted by molar-refractivity contribution is -0.117. The number of urea groups is 1. The van der Waals surface area contributed by atoms with E-state index in [0.717, 1.165) is 11.4 Å². The van der Waals surface area contributed by atoms with Crippen molar-refractivity contribution in [1.82, 2.24) is 5.32 Å². The summed E-state index contributed by atoms with van der Waals surface area (Å²) >= 11 is 0. The summed E-state index contributed by atoms with van der Waals surface area (Å²) in [5.74, 6) is 0.320. The molecule has 3 amide bonds. The van der Waals surface area contributed by atoms with E-state index in [1.807, 2.05) is 31.2 Å². The van der Waals surface area contributed by atoms with Gasteiger partial charge in [-0.25, -0.2) is 9.18 Å². The average molecular weight is 357 g/mol. The summed E-state index contributed by atoms with van der Waals surface area (Å²) in [5.41, 5.74) is 1.25. The summed E-state index contributed by atoms with van der Waals surface area (Å²) in [6.45, 7) is 2.88. The number of nitrogens with one attached hydrogen (secondary N) is 2. The molecule has 2 aromatic rings. The van der Waals surface area contributed by atoms with Crippen molar-refractivity contribution in [2.75, 3.05) is 23.4 Å². The molecule has 136 valence electrons. The minimum absolute atomic E-state index is 0.0544. The largest absolute Gasteiger partial charge is 0.494 e. The van der Waals surface area contributed by atoms with Crippen LogP contribution in [0.25, 0.3) is 0 Å². The van der Waals surface area contributed by atoms with Crippen molar-refractivity contribution in [3.05, 3.63) is 54.3 Å². The highest BCUT2D eigenvalue weighted by Gasteiger charge is 2.31. The fourth-order valence-electron chi connectivity index (χ4n) is 2.83. The number of benzene rings is 2. The van der Waals surface area contributed by atoms with E-state index >= 15 is 0 Å². The third-order valence-corrected chi connectivity index (χ3v) is 4.02. The van der Waals surface area contributed by atoms with Crippen LogP contribution in [0.3, 0.4) is 0 Å². The van der Waals surface area contributed by atoms with Crippen molar-refractivity contribution < 1.29 is 18.7 Å². The number of carbonyl (C=O) groups is 2. The molecule has 2 N–H and O–H groups in total. The zero-order chi connectivity index (χ0) is 18.5. The van der Waals surface area contributed by atoms with Crippen molar-refractivity contribution >= 4 is 23.3 Å². The lowest BCUT2D eigenvalue weighted by atomic mass is 10.2. The highest BCUT2D eigenvalue weighted by atomic mass is 19.1. The zero-order valence-corrected chi connectivity index (χ0v) is 14.4. The van der Waals surface area contributed by atoms with Crippen molar-refractivity contribution in [2.45, 2.75) is 19.4 Å². The second-order valence-corrected chi connectivity index (χ2v) is 5.94. The number of nitrogens with zero attached hydrogens (tertiary/aromatic N) is 1. The monoisotopic (exact) mass is 357 g/mol. The van der Waals surface area contributed by atoms with E-state index in [1.54, 1.807) is 4.90 Å². The molecule has 0 saturated carbocycles. The van der Waals surface area contributed by atoms with E-state index < -0.39 is 6.03 Å². The second-order valence-electron chi connectivity index (χ2n) is 5.94. The Balaban J connectivity index is 1.56. The molecule has 2 aromatic carbocycles. The van der Waals surface area contributed by atoms with Gasteiger partial charge in [0.1, 0.15) is 11.6 Å². The third-order valence-electron chi connectivity index (χ3n) is 4.02. The van der Waals surface area contributed by atoms with Gasteiger partial charge in [0, 0.05) is 24.3 Å². The predicted molar refractivity (Wildman–Crippen MR) is 96.9 cm³/mol. The van der Waals surface area contributed by atoms with Crippen LogP contribution < -0.4 is 20.3 Å². The lowest BCUT2D eigenvalue weighted by Gasteiger charge is -2.18. The van der Waals surface area contributed by atoms with Gasteiger partial charge in [0.15, 0.2) is 0 Å². The minimum atomic E-state index is -0.428. The molecule has 0 bridgehead atoms. The Morgan fingerprint density at radius 2 is 1.88 bits per heavy atom. The summed E-state index contributed by atoms with van der Waals surface area (Å²) in [6.07, 6.45) is 0.226. The number of carbonyl (C=O) groups excluding carboxylic acids is 2. The maximum Gasteiger partial charge on any atom is 0.319 e. The molecule has 3 rings (SSSR count). The number of halogens is 1. The van der Waals surface area contributed by atoms with Crippen LogP contribution in [0.15, 0.2) is 48.5 Å². The van der Waals surface area contributed by atoms with E-state index in [-0.39, 0.29) is 24.2 Å². The summed E-state index contributed by atoms with van der Waals surface area (Å²) < 4.78 is 18.3. The second kappa shape index (κ2) is 7.86. The lowest BCUT2D eigenvalue weighted by Crippen LogP contribution is -2.39. The van der Waals surface area contributed by atoms with E-state index in [0.29, 0.717) is 18.8 Å². The van der Waals surface area contributed by atoms with Crippen LogP contribution in [0.5, 0.6) is 5.75 Å². The third kappa shape index (κ3) is 4.30. The highest BCUT2D eigenvalue weighted by molar-refractivity contribution is 5.97. The van der Waals surface area contributed by atoms with Crippen LogP contribution in [-0.2, 0) is 4.79 Å². The molecule has 7 heteroatoms. The molecule has 0 aliphatic carbocycles. The van der Waals surface area contributed by atoms with Gasteiger partial charge in [-0.2, -0.15) is 0 Å². The summed E-state index contributed by atoms with van der Waals surface area (Å²) in [4.78, 5) is 25.9. The van der Waals surface area contributed by atoms with Gasteiger partial charge >= 0.3 is 6.03 Å². The Bertz CT molecular complexity index is 778. The van der Waals surface area contributed by atoms with Crippen molar-refractivity contribution in [2.24, 2.45) is 0 Å². The minimum Gasteiger partial charge on any atom is -0.494 e. The fraction of sp³-hybridized carbons (Fsp3) is 0.263. The number of ether oxygens (including phenoxy) is 1. The summed E-state index contributed by atoms with van der Waals surface area (Å²) in [7, 11) is 0. The zero-order valence-electron chi connectivity index (χ0n) is 14.4. The maximum absolute atomic E-state index is 12.9. The van der Waals surface area contributed by atoms with Crippen LogP contribution in [-0.4, -0.2) is 31.1 Å². The van der Waals surface area contributed by atoms with Gasteiger partial charge in [0.05, 0.1) is 12.6 Å². The Labute approximate surface area is 150 Å². The first kappa shape index (κ1) is 17.7. The molecule has 6 nitrogen and oxygen atoms in total. The summed E-state index contributed by atoms with van der Waals surface area (Å²) in [5, 5.41) is 5.40. The van der Waals surface area contributed by atoms with Crippen LogP contribution in [0.1, 0.15) is 13.3 Å². The molecule has 0 aromatic heterocycles. The Morgan fingerprint density at radius 1 is 1.19 bits per heavy atom. The first-order valence-corrected chi connectivity index (χ1v) is 8.41. The highest BCUT2D eigenvalue weighted by Crippen LogP contribution is 2.24. The number of hydrogen-bond donors (Lipinski definition) is 2. The van der Waals surface area contributed by atoms with E-state index in [4.69, 9.17) is 4.74 Å². The van der Waals surface area contributed by atoms with E-state index in [9.17, 15) is 14.0 Å². The molecule has 1 atom stereocenters. The molecular weight excluding hydrogens is 337 g/mol. The van der Waals surface area contributed by atoms with Gasteiger partial charge in [-0.15, -0.1) is 0 Å². The average Bonchev–Trinajstić information content (AvgIpc) is 2.98. The van der Waals surface area contributed by atoms with Gasteiger partial charge in [-0.3, -0.25) is 4.79 Å². The fourth-order valence-corrected chi connectivity index (χ4v) is 2.83. The van der Waals surface area contributed by atoms with Crippen molar-refractivity contribution in [3.63, 3.8) is 0 Å². The van der Waals surface area contributed by atoms with Crippen LogP contribution in [0.4, 0.5) is 20.6 Å². The first-order valence-electron chi connectivity index (χ1n) is 8.41. The Kier molecular flexibility index (Phi) is 5.36. The Hall–Kier alpha value is -3.09. The van der Waals surface area contributed by atoms with Crippen molar-refractivity contribution in [1.29, 1.82) is 0 Å². The standard InChI is InChI=1S/C19H20FN3O3/c1-2-26-17-9-7-16(8-10-17)23-12-15(11-18(23)24)22-19(25)21-14-5-3-13(20)4-6-14/h3-10,15H,2,11-12H2,1H3,(H2,21,22,25). The number of amides is 3. The molecule has 1 unspecified atom stereocenters. The maximum atomic E-state index is 12.9. The quantitative estimate of drug-likeness (QED) is 0.864. The molecule has 0 spiro atoms. The molecule has 1 fully saturated rings. The SMILES string of the molecule is CCOc1ccc(N2CC(NC(=O)Nc3ccc(F)cc3)CC2=O)cc1. The van der Waals surface area contributed by atoms with Gasteiger partial charge < -0.3 is 20.3 Å². The van der Waals surface area contributed by atoms with Gasteiger partial charge in [-0.1, -0.05) is 0 Å². The number of hydrogen-bond acceptors (Lipinski definition) is 3. The molecule has 1 saturated heterocycles. The summed E-state index contributed by atoms with van der Waals surface area (Å²) in [6, 6.07) is 12.0. The number of anilines is 2. The van der Waals surface area contributed by atoms with Crippen LogP contribution >= 0.6 is 0 Å². The molecule has 0 radical (unpaired) electrons. The van der Waals surface area contributed by atoms with E-state index in [1.165, 1.54) is 24.3 Å². The van der Waals surface area contributed by atoms with Crippen LogP contribution in [0.2, 0.25) is 0 Å². The molecular formula is C19H20FN3O3. The normalized spacial score (nSPS) is 16.5. The van der Waals surface area contributed by atoms with Crippen molar-refractivity contribution in [3.8, 4) is 5.75 Å². The Morgan fingerprint density at radius 3 is 2.54 bits per heavy atom. The van der Waals surface area contributed by atoms with E-state index in [2.05, 4.69) is 10.6 Å². The van der Waals surface area contributed by atoms with Gasteiger partial charge in [-0.05, 0) is 55.5 Å².